The van der Waals surface area contributed by atoms with E-state index in [1.54, 1.807) is 29.8 Å². The number of alkyl halides is 1. The first-order valence-electron chi connectivity index (χ1n) is 10.5. The van der Waals surface area contributed by atoms with Gasteiger partial charge >= 0.3 is 0 Å². The maximum Gasteiger partial charge on any atom is 0.190 e. The second kappa shape index (κ2) is 10.3. The van der Waals surface area contributed by atoms with E-state index in [1.807, 2.05) is 44.2 Å². The van der Waals surface area contributed by atoms with Crippen molar-refractivity contribution in [3.63, 3.8) is 0 Å². The summed E-state index contributed by atoms with van der Waals surface area (Å²) in [6, 6.07) is 16.7. The molecular weight excluding hydrogens is 495 g/mol. The van der Waals surface area contributed by atoms with Gasteiger partial charge in [0, 0.05) is 18.7 Å². The topological polar surface area (TPSA) is 81.3 Å². The average Bonchev–Trinajstić information content (AvgIpc) is 3.17. The summed E-state index contributed by atoms with van der Waals surface area (Å²) in [4.78, 5) is 0. The number of ether oxygens (including phenoxy) is 2. The molecule has 0 radical (unpaired) electrons. The third-order valence-corrected chi connectivity index (χ3v) is 7.34. The van der Waals surface area contributed by atoms with Crippen molar-refractivity contribution in [1.29, 1.82) is 5.26 Å². The number of hydrogen-bond donors (Lipinski definition) is 0. The van der Waals surface area contributed by atoms with E-state index in [0.717, 1.165) is 16.8 Å². The van der Waals surface area contributed by atoms with Gasteiger partial charge in [-0.05, 0) is 47.5 Å². The zero-order valence-electron chi connectivity index (χ0n) is 19.4. The average molecular weight is 521 g/mol. The molecule has 0 aliphatic carbocycles. The molecule has 9 heteroatoms. The maximum atomic E-state index is 11.8. The molecule has 1 aromatic heterocycles. The Morgan fingerprint density at radius 1 is 1.06 bits per heavy atom. The molecule has 180 valence electrons. The Morgan fingerprint density at radius 2 is 1.74 bits per heavy atom. The fraction of sp³-hybridized carbons (Fsp3) is 0.320. The van der Waals surface area contributed by atoms with Crippen molar-refractivity contribution in [3.8, 4) is 17.6 Å². The molecule has 0 amide bonds. The zero-order chi connectivity index (χ0) is 25.1. The molecule has 34 heavy (non-hydrogen) atoms. The molecule has 3 rings (SSSR count). The molecule has 0 N–H and O–H groups in total. The van der Waals surface area contributed by atoms with Gasteiger partial charge in [-0.3, -0.25) is 0 Å². The molecule has 1 heterocycles. The minimum atomic E-state index is -3.30. The first kappa shape index (κ1) is 26.0. The van der Waals surface area contributed by atoms with Gasteiger partial charge in [0.1, 0.15) is 30.1 Å². The van der Waals surface area contributed by atoms with Crippen LogP contribution in [0.25, 0.3) is 0 Å². The van der Waals surface area contributed by atoms with Crippen molar-refractivity contribution >= 4 is 33.0 Å². The fourth-order valence-corrected chi connectivity index (χ4v) is 4.95. The molecule has 3 aromatic rings. The van der Waals surface area contributed by atoms with Gasteiger partial charge in [0.15, 0.2) is 15.6 Å². The van der Waals surface area contributed by atoms with Crippen molar-refractivity contribution in [2.45, 2.75) is 30.9 Å². The Labute approximate surface area is 210 Å². The Bertz CT molecular complexity index is 1320. The summed E-state index contributed by atoms with van der Waals surface area (Å²) < 4.78 is 36.7. The van der Waals surface area contributed by atoms with Crippen molar-refractivity contribution < 1.29 is 17.9 Å². The largest absolute Gasteiger partial charge is 0.489 e. The third-order valence-electron chi connectivity index (χ3n) is 5.73. The van der Waals surface area contributed by atoms with Crippen LogP contribution in [0.2, 0.25) is 5.02 Å². The number of hydrogen-bond acceptors (Lipinski definition) is 5. The monoisotopic (exact) mass is 520 g/mol. The van der Waals surface area contributed by atoms with Crippen LogP contribution in [0.5, 0.6) is 11.5 Å². The Hall–Kier alpha value is -2.66. The summed E-state index contributed by atoms with van der Waals surface area (Å²) in [7, 11) is -1.59. The van der Waals surface area contributed by atoms with E-state index in [9.17, 15) is 13.7 Å². The van der Waals surface area contributed by atoms with Crippen molar-refractivity contribution in [3.05, 3.63) is 75.9 Å². The van der Waals surface area contributed by atoms with E-state index in [2.05, 4.69) is 6.07 Å². The molecule has 0 aliphatic heterocycles. The molecule has 0 saturated carbocycles. The number of nitriles is 1. The highest BCUT2D eigenvalue weighted by molar-refractivity contribution is 7.90. The molecule has 2 aromatic carbocycles. The van der Waals surface area contributed by atoms with Crippen LogP contribution in [0.3, 0.4) is 0 Å². The van der Waals surface area contributed by atoms with Crippen LogP contribution in [0.4, 0.5) is 0 Å². The molecule has 0 atom stereocenters. The van der Waals surface area contributed by atoms with E-state index in [0.29, 0.717) is 28.0 Å². The molecular formula is C25H26Cl2N2O4S. The molecule has 0 bridgehead atoms. The van der Waals surface area contributed by atoms with Gasteiger partial charge in [-0.1, -0.05) is 37.6 Å². The van der Waals surface area contributed by atoms with Gasteiger partial charge in [-0.15, -0.1) is 11.6 Å². The zero-order valence-corrected chi connectivity index (χ0v) is 21.8. The predicted octanol–water partition coefficient (Wildman–Crippen LogP) is 5.48. The van der Waals surface area contributed by atoms with Gasteiger partial charge in [-0.2, -0.15) is 5.26 Å². The standard InChI is InChI=1S/C25H26Cl2N2O4S/c1-25(2,19-13-17(15-28)24(22(27)14-19)32-12-11-26)18-5-8-21(9-6-18)33-16-20-7-10-23(29(20)3)34(4,30)31/h5-10,13-14H,11-12,16H2,1-4H3. The molecule has 0 spiro atoms. The van der Waals surface area contributed by atoms with Crippen LogP contribution in [0.15, 0.2) is 53.6 Å². The lowest BCUT2D eigenvalue weighted by molar-refractivity contribution is 0.295. The smallest absolute Gasteiger partial charge is 0.190 e. The summed E-state index contributed by atoms with van der Waals surface area (Å²) in [5, 5.41) is 10.2. The highest BCUT2D eigenvalue weighted by Crippen LogP contribution is 2.38. The van der Waals surface area contributed by atoms with Crippen LogP contribution in [0, 0.1) is 11.3 Å². The lowest BCUT2D eigenvalue weighted by Crippen LogP contribution is -2.19. The second-order valence-electron chi connectivity index (χ2n) is 8.42. The van der Waals surface area contributed by atoms with E-state index in [1.165, 1.54) is 6.26 Å². The van der Waals surface area contributed by atoms with Gasteiger partial charge < -0.3 is 14.0 Å². The normalized spacial score (nSPS) is 11.8. The highest BCUT2D eigenvalue weighted by Gasteiger charge is 2.26. The SMILES string of the molecule is Cn1c(COc2ccc(C(C)(C)c3cc(Cl)c(OCCCl)c(C#N)c3)cc2)ccc1S(C)(=O)=O. The minimum absolute atomic E-state index is 0.236. The van der Waals surface area contributed by atoms with Crippen LogP contribution in [0.1, 0.15) is 36.2 Å². The molecule has 0 saturated heterocycles. The second-order valence-corrected chi connectivity index (χ2v) is 11.2. The van der Waals surface area contributed by atoms with Crippen molar-refractivity contribution in [2.24, 2.45) is 7.05 Å². The summed E-state index contributed by atoms with van der Waals surface area (Å²) >= 11 is 12.1. The van der Waals surface area contributed by atoms with Crippen molar-refractivity contribution in [1.82, 2.24) is 4.57 Å². The number of aromatic nitrogens is 1. The Balaban J connectivity index is 1.79. The highest BCUT2D eigenvalue weighted by atomic mass is 35.5. The van der Waals surface area contributed by atoms with Crippen LogP contribution < -0.4 is 9.47 Å². The molecule has 0 unspecified atom stereocenters. The van der Waals surface area contributed by atoms with E-state index in [-0.39, 0.29) is 18.2 Å². The maximum absolute atomic E-state index is 11.8. The van der Waals surface area contributed by atoms with E-state index < -0.39 is 15.3 Å². The van der Waals surface area contributed by atoms with Gasteiger partial charge in [0.05, 0.1) is 22.2 Å². The van der Waals surface area contributed by atoms with Gasteiger partial charge in [0.2, 0.25) is 0 Å². The minimum Gasteiger partial charge on any atom is -0.489 e. The third kappa shape index (κ3) is 5.52. The number of nitrogens with zero attached hydrogens (tertiary/aromatic N) is 2. The summed E-state index contributed by atoms with van der Waals surface area (Å²) in [6.45, 7) is 4.59. The Kier molecular flexibility index (Phi) is 7.87. The van der Waals surface area contributed by atoms with E-state index >= 15 is 0 Å². The van der Waals surface area contributed by atoms with Crippen LogP contribution in [-0.4, -0.2) is 31.7 Å². The molecule has 0 aliphatic rings. The lowest BCUT2D eigenvalue weighted by atomic mass is 9.77. The van der Waals surface area contributed by atoms with Gasteiger partial charge in [0.25, 0.3) is 0 Å². The van der Waals surface area contributed by atoms with Crippen LogP contribution in [-0.2, 0) is 28.9 Å². The predicted molar refractivity (Wildman–Crippen MR) is 134 cm³/mol. The van der Waals surface area contributed by atoms with Gasteiger partial charge in [-0.25, -0.2) is 8.42 Å². The number of halogens is 2. The van der Waals surface area contributed by atoms with Crippen LogP contribution >= 0.6 is 23.2 Å². The Morgan fingerprint density at radius 3 is 2.29 bits per heavy atom. The van der Waals surface area contributed by atoms with E-state index in [4.69, 9.17) is 32.7 Å². The van der Waals surface area contributed by atoms with Crippen molar-refractivity contribution in [2.75, 3.05) is 18.7 Å². The number of sulfone groups is 1. The molecule has 6 nitrogen and oxygen atoms in total. The summed E-state index contributed by atoms with van der Waals surface area (Å²) in [5.74, 6) is 1.29. The number of rotatable bonds is 9. The first-order valence-corrected chi connectivity index (χ1v) is 13.3. The number of benzene rings is 2. The lowest BCUT2D eigenvalue weighted by Gasteiger charge is -2.27. The fourth-order valence-electron chi connectivity index (χ4n) is 3.67. The summed E-state index contributed by atoms with van der Waals surface area (Å²) in [5.41, 5.74) is 2.54. The quantitative estimate of drug-likeness (QED) is 0.349. The first-order chi connectivity index (χ1) is 16.0. The molecule has 0 fully saturated rings. The summed E-state index contributed by atoms with van der Waals surface area (Å²) in [6.07, 6.45) is 1.18.